The van der Waals surface area contributed by atoms with E-state index in [9.17, 15) is 19.5 Å². The monoisotopic (exact) mass is 474 g/mol. The van der Waals surface area contributed by atoms with Crippen LogP contribution in [-0.2, 0) is 4.74 Å². The number of amides is 1. The van der Waals surface area contributed by atoms with Crippen molar-refractivity contribution in [1.82, 2.24) is 15.3 Å². The Morgan fingerprint density at radius 3 is 2.53 bits per heavy atom. The Morgan fingerprint density at radius 2 is 2.03 bits per heavy atom. The van der Waals surface area contributed by atoms with Crippen molar-refractivity contribution in [3.63, 3.8) is 0 Å². The largest absolute Gasteiger partial charge is 0.477 e. The first kappa shape index (κ1) is 22.5. The van der Waals surface area contributed by atoms with Crippen LogP contribution in [0.2, 0.25) is 10.0 Å². The van der Waals surface area contributed by atoms with Gasteiger partial charge in [-0.05, 0) is 13.3 Å². The lowest BCUT2D eigenvalue weighted by atomic mass is 10.0. The smallest absolute Gasteiger partial charge is 0.348 e. The molecule has 2 aromatic rings. The van der Waals surface area contributed by atoms with Crippen LogP contribution in [0.5, 0.6) is 0 Å². The van der Waals surface area contributed by atoms with Gasteiger partial charge in [0.25, 0.3) is 5.91 Å². The maximum absolute atomic E-state index is 12.6. The lowest BCUT2D eigenvalue weighted by Gasteiger charge is -2.37. The lowest BCUT2D eigenvalue weighted by molar-refractivity contribution is 0.0540. The highest BCUT2D eigenvalue weighted by atomic mass is 35.5. The van der Waals surface area contributed by atoms with Gasteiger partial charge in [-0.25, -0.2) is 9.78 Å². The van der Waals surface area contributed by atoms with Gasteiger partial charge in [-0.15, -0.1) is 0 Å². The molecule has 1 amide bonds. The summed E-state index contributed by atoms with van der Waals surface area (Å²) in [5, 5.41) is 13.1. The number of aryl methyl sites for hydroxylation is 1. The maximum atomic E-state index is 12.6. The summed E-state index contributed by atoms with van der Waals surface area (Å²) in [4.78, 5) is 44.6. The number of carboxylic acids is 1. The van der Waals surface area contributed by atoms with Crippen LogP contribution in [0.4, 0.5) is 5.13 Å². The number of carbonyl (C=O) groups is 3. The molecule has 3 rings (SSSR count). The van der Waals surface area contributed by atoms with Crippen LogP contribution in [-0.4, -0.2) is 65.1 Å². The first-order chi connectivity index (χ1) is 14.1. The van der Waals surface area contributed by atoms with Crippen molar-refractivity contribution in [2.45, 2.75) is 32.4 Å². The maximum Gasteiger partial charge on any atom is 0.348 e. The summed E-state index contributed by atoms with van der Waals surface area (Å²) in [5.74, 6) is -1.99. The summed E-state index contributed by atoms with van der Waals surface area (Å²) < 4.78 is 5.55. The molecule has 1 saturated heterocycles. The van der Waals surface area contributed by atoms with Crippen molar-refractivity contribution < 1.29 is 24.2 Å². The molecular weight excluding hydrogens is 455 g/mol. The molecular formula is C18H20Cl2N4O5S. The molecule has 3 heterocycles. The summed E-state index contributed by atoms with van der Waals surface area (Å²) in [6.07, 6.45) is 0.137. The standard InChI is InChI=1S/C18H20Cl2N4O5S/c1-7-11(19)12(20)14(21-7)16(26)22-9-4-5-24(6-10(9)29-3)18-23-13(8(2)25)15(30-18)17(27)28/h9-10,21H,4-6H2,1-3H3,(H,22,26)(H,27,28)/t9-,10+/m1/s1. The predicted molar refractivity (Wildman–Crippen MR) is 114 cm³/mol. The van der Waals surface area contributed by atoms with E-state index in [1.54, 1.807) is 6.92 Å². The number of hydrogen-bond acceptors (Lipinski definition) is 7. The number of hydrogen-bond donors (Lipinski definition) is 3. The van der Waals surface area contributed by atoms with Gasteiger partial charge in [-0.1, -0.05) is 34.5 Å². The molecule has 162 valence electrons. The van der Waals surface area contributed by atoms with Gasteiger partial charge in [0.2, 0.25) is 0 Å². The number of halogens is 2. The minimum absolute atomic E-state index is 0.0551. The van der Waals surface area contributed by atoms with Crippen LogP contribution in [0.1, 0.15) is 49.7 Å². The number of ketones is 1. The quantitative estimate of drug-likeness (QED) is 0.549. The fourth-order valence-corrected chi connectivity index (χ4v) is 4.69. The molecule has 1 aliphatic heterocycles. The molecule has 0 aliphatic carbocycles. The van der Waals surface area contributed by atoms with Gasteiger partial charge in [0.1, 0.15) is 16.3 Å². The molecule has 1 fully saturated rings. The zero-order chi connectivity index (χ0) is 22.2. The number of ether oxygens (including phenoxy) is 1. The highest BCUT2D eigenvalue weighted by Gasteiger charge is 2.34. The van der Waals surface area contributed by atoms with Crippen LogP contribution in [0.15, 0.2) is 0 Å². The SMILES string of the molecule is CO[C@H]1CN(c2nc(C(C)=O)c(C(=O)O)s2)CC[C@H]1NC(=O)c1[nH]c(C)c(Cl)c1Cl. The molecule has 0 aromatic carbocycles. The number of piperidine rings is 1. The molecule has 0 spiro atoms. The van der Waals surface area contributed by atoms with E-state index in [4.69, 9.17) is 27.9 Å². The van der Waals surface area contributed by atoms with Crippen molar-refractivity contribution in [3.05, 3.63) is 32.0 Å². The fraction of sp³-hybridized carbons (Fsp3) is 0.444. The molecule has 1 aliphatic rings. The van der Waals surface area contributed by atoms with E-state index in [0.717, 1.165) is 11.3 Å². The zero-order valence-electron chi connectivity index (χ0n) is 16.4. The van der Waals surface area contributed by atoms with Crippen molar-refractivity contribution in [2.24, 2.45) is 0 Å². The highest BCUT2D eigenvalue weighted by molar-refractivity contribution is 7.17. The van der Waals surface area contributed by atoms with E-state index >= 15 is 0 Å². The number of carbonyl (C=O) groups excluding carboxylic acids is 2. The molecule has 0 unspecified atom stereocenters. The van der Waals surface area contributed by atoms with Crippen LogP contribution in [0.25, 0.3) is 0 Å². The number of H-pyrrole nitrogens is 1. The second-order valence-corrected chi connectivity index (χ2v) is 8.61. The average Bonchev–Trinajstić information content (AvgIpc) is 3.26. The van der Waals surface area contributed by atoms with E-state index in [2.05, 4.69) is 15.3 Å². The van der Waals surface area contributed by atoms with Crippen molar-refractivity contribution in [3.8, 4) is 0 Å². The molecule has 0 saturated carbocycles. The fourth-order valence-electron chi connectivity index (χ4n) is 3.29. The molecule has 3 N–H and O–H groups in total. The third-order valence-corrected chi connectivity index (χ3v) is 6.92. The molecule has 0 radical (unpaired) electrons. The second kappa shape index (κ2) is 8.93. The Kier molecular flexibility index (Phi) is 6.71. The van der Waals surface area contributed by atoms with Gasteiger partial charge in [0.05, 0.1) is 22.2 Å². The van der Waals surface area contributed by atoms with Crippen molar-refractivity contribution >= 4 is 57.3 Å². The minimum atomic E-state index is -1.19. The predicted octanol–water partition coefficient (Wildman–Crippen LogP) is 3.01. The number of thiazole rings is 1. The first-order valence-corrected chi connectivity index (χ1v) is 10.6. The molecule has 9 nitrogen and oxygen atoms in total. The Labute approximate surface area is 186 Å². The number of carboxylic acid groups (broad SMARTS) is 1. The van der Waals surface area contributed by atoms with E-state index in [1.807, 2.05) is 4.90 Å². The van der Waals surface area contributed by atoms with Crippen LogP contribution >= 0.6 is 34.5 Å². The van der Waals surface area contributed by atoms with Crippen molar-refractivity contribution in [2.75, 3.05) is 25.1 Å². The number of aromatic nitrogens is 2. The number of methoxy groups -OCH3 is 1. The first-order valence-electron chi connectivity index (χ1n) is 9.01. The van der Waals surface area contributed by atoms with Crippen LogP contribution in [0, 0.1) is 6.92 Å². The summed E-state index contributed by atoms with van der Waals surface area (Å²) in [7, 11) is 1.53. The van der Waals surface area contributed by atoms with Gasteiger partial charge >= 0.3 is 5.97 Å². The van der Waals surface area contributed by atoms with Gasteiger partial charge in [-0.3, -0.25) is 9.59 Å². The Morgan fingerprint density at radius 1 is 1.33 bits per heavy atom. The Balaban J connectivity index is 1.74. The summed E-state index contributed by atoms with van der Waals surface area (Å²) in [6.45, 7) is 3.86. The molecule has 0 bridgehead atoms. The third kappa shape index (κ3) is 4.31. The van der Waals surface area contributed by atoms with Gasteiger partial charge in [-0.2, -0.15) is 0 Å². The van der Waals surface area contributed by atoms with Gasteiger partial charge in [0.15, 0.2) is 10.9 Å². The highest BCUT2D eigenvalue weighted by Crippen LogP contribution is 2.31. The van der Waals surface area contributed by atoms with Gasteiger partial charge in [0, 0.05) is 32.8 Å². The van der Waals surface area contributed by atoms with E-state index in [1.165, 1.54) is 14.0 Å². The molecule has 12 heteroatoms. The Hall–Kier alpha value is -2.14. The zero-order valence-corrected chi connectivity index (χ0v) is 18.7. The van der Waals surface area contributed by atoms with E-state index in [0.29, 0.717) is 35.4 Å². The van der Waals surface area contributed by atoms with Crippen LogP contribution in [0.3, 0.4) is 0 Å². The van der Waals surface area contributed by atoms with E-state index < -0.39 is 17.7 Å². The number of rotatable bonds is 6. The summed E-state index contributed by atoms with van der Waals surface area (Å²) in [5.41, 5.74) is 0.735. The van der Waals surface area contributed by atoms with Crippen molar-refractivity contribution in [1.29, 1.82) is 0 Å². The molecule has 2 aromatic heterocycles. The van der Waals surface area contributed by atoms with Crippen LogP contribution < -0.4 is 10.2 Å². The molecule has 2 atom stereocenters. The number of aromatic carboxylic acids is 1. The normalized spacial score (nSPS) is 19.0. The number of aromatic amines is 1. The number of nitrogens with zero attached hydrogens (tertiary/aromatic N) is 2. The summed E-state index contributed by atoms with van der Waals surface area (Å²) in [6, 6.07) is -0.302. The third-order valence-electron chi connectivity index (χ3n) is 4.87. The lowest BCUT2D eigenvalue weighted by Crippen LogP contribution is -2.55. The van der Waals surface area contributed by atoms with Gasteiger partial charge < -0.3 is 25.0 Å². The number of anilines is 1. The average molecular weight is 475 g/mol. The van der Waals surface area contributed by atoms with E-state index in [-0.39, 0.29) is 33.4 Å². The molecule has 30 heavy (non-hydrogen) atoms. The number of Topliss-reactive ketones (excluding diaryl/α,β-unsaturated/α-hetero) is 1. The second-order valence-electron chi connectivity index (χ2n) is 6.88. The number of nitrogens with one attached hydrogen (secondary N) is 2. The Bertz CT molecular complexity index is 974. The minimum Gasteiger partial charge on any atom is -0.477 e. The topological polar surface area (TPSA) is 125 Å². The summed E-state index contributed by atoms with van der Waals surface area (Å²) >= 11 is 13.1.